The lowest BCUT2D eigenvalue weighted by atomic mass is 9.96. The number of piperazine rings is 1. The maximum Gasteiger partial charge on any atom is 0.271 e. The van der Waals surface area contributed by atoms with E-state index in [-0.39, 0.29) is 36.5 Å². The van der Waals surface area contributed by atoms with E-state index in [1.165, 1.54) is 17.3 Å². The van der Waals surface area contributed by atoms with Crippen molar-refractivity contribution in [1.29, 1.82) is 0 Å². The molecule has 2 heterocycles. The topological polar surface area (TPSA) is 78.4 Å². The Bertz CT molecular complexity index is 1010. The predicted octanol–water partition coefficient (Wildman–Crippen LogP) is 2.84. The van der Waals surface area contributed by atoms with E-state index in [9.17, 15) is 9.59 Å². The molecule has 1 fully saturated rings. The highest BCUT2D eigenvalue weighted by Crippen LogP contribution is 2.29. The minimum absolute atomic E-state index is 0.0564. The largest absolute Gasteiger partial charge is 0.350 e. The summed E-state index contributed by atoms with van der Waals surface area (Å²) in [6, 6.07) is 21.2. The molecule has 170 valence electrons. The van der Waals surface area contributed by atoms with Crippen LogP contribution in [0.15, 0.2) is 73.1 Å². The summed E-state index contributed by atoms with van der Waals surface area (Å²) in [5, 5.41) is 2.76. The Kier molecular flexibility index (Phi) is 7.42. The number of hydrogen-bond donors (Lipinski definition) is 1. The summed E-state index contributed by atoms with van der Waals surface area (Å²) >= 11 is 0. The first-order valence-corrected chi connectivity index (χ1v) is 11.3. The number of rotatable bonds is 7. The van der Waals surface area contributed by atoms with Crippen LogP contribution in [0.4, 0.5) is 0 Å². The zero-order chi connectivity index (χ0) is 23.0. The molecule has 2 aromatic carbocycles. The van der Waals surface area contributed by atoms with Crippen LogP contribution in [0.2, 0.25) is 0 Å². The molecule has 33 heavy (non-hydrogen) atoms. The van der Waals surface area contributed by atoms with Crippen LogP contribution in [0.3, 0.4) is 0 Å². The summed E-state index contributed by atoms with van der Waals surface area (Å²) in [6.45, 7) is 5.04. The highest BCUT2D eigenvalue weighted by Gasteiger charge is 2.28. The van der Waals surface area contributed by atoms with Gasteiger partial charge in [-0.05, 0) is 18.1 Å². The fraction of sp³-hybridized carbons (Fsp3) is 0.308. The van der Waals surface area contributed by atoms with Gasteiger partial charge in [-0.25, -0.2) is 4.98 Å². The molecule has 1 N–H and O–H groups in total. The number of carbonyl (C=O) groups excluding carboxylic acids is 2. The Morgan fingerprint density at radius 2 is 1.48 bits per heavy atom. The molecule has 0 saturated carbocycles. The summed E-state index contributed by atoms with van der Waals surface area (Å²) < 4.78 is 0. The van der Waals surface area contributed by atoms with Crippen molar-refractivity contribution in [2.75, 3.05) is 32.7 Å². The van der Waals surface area contributed by atoms with Gasteiger partial charge in [-0.3, -0.25) is 19.5 Å². The van der Waals surface area contributed by atoms with Crippen molar-refractivity contribution >= 4 is 11.8 Å². The normalized spacial score (nSPS) is 14.3. The predicted molar refractivity (Wildman–Crippen MR) is 127 cm³/mol. The van der Waals surface area contributed by atoms with Gasteiger partial charge in [0.05, 0.1) is 17.9 Å². The molecule has 0 spiro atoms. The molecule has 0 aliphatic carbocycles. The van der Waals surface area contributed by atoms with Gasteiger partial charge in [-0.1, -0.05) is 60.7 Å². The van der Waals surface area contributed by atoms with Crippen LogP contribution in [-0.4, -0.2) is 64.3 Å². The Morgan fingerprint density at radius 3 is 2.03 bits per heavy atom. The molecule has 1 saturated heterocycles. The van der Waals surface area contributed by atoms with Crippen LogP contribution in [0.25, 0.3) is 0 Å². The van der Waals surface area contributed by atoms with Crippen molar-refractivity contribution in [2.24, 2.45) is 0 Å². The smallest absolute Gasteiger partial charge is 0.271 e. The van der Waals surface area contributed by atoms with E-state index in [2.05, 4.69) is 68.7 Å². The fourth-order valence-corrected chi connectivity index (χ4v) is 4.16. The summed E-state index contributed by atoms with van der Waals surface area (Å²) in [5.74, 6) is -0.255. The van der Waals surface area contributed by atoms with Gasteiger partial charge in [0.25, 0.3) is 5.91 Å². The number of benzene rings is 2. The quantitative estimate of drug-likeness (QED) is 0.608. The van der Waals surface area contributed by atoms with Crippen molar-refractivity contribution in [2.45, 2.75) is 19.4 Å². The second-order valence-electron chi connectivity index (χ2n) is 8.19. The first-order valence-electron chi connectivity index (χ1n) is 11.3. The Labute approximate surface area is 194 Å². The van der Waals surface area contributed by atoms with Crippen molar-refractivity contribution in [3.05, 3.63) is 95.6 Å². The number of nitrogens with one attached hydrogen (secondary N) is 1. The SMILES string of the molecule is Cc1cnc(C(=O)NCCC(=O)N2CCN(C(c3ccccc3)c3ccccc3)CC2)cn1. The lowest BCUT2D eigenvalue weighted by Gasteiger charge is -2.39. The highest BCUT2D eigenvalue weighted by atomic mass is 16.2. The second-order valence-corrected chi connectivity index (χ2v) is 8.19. The Morgan fingerprint density at radius 1 is 0.879 bits per heavy atom. The van der Waals surface area contributed by atoms with Gasteiger partial charge in [0.1, 0.15) is 5.69 Å². The molecule has 1 aliphatic rings. The van der Waals surface area contributed by atoms with Gasteiger partial charge < -0.3 is 10.2 Å². The van der Waals surface area contributed by atoms with E-state index in [0.717, 1.165) is 18.8 Å². The second kappa shape index (κ2) is 10.8. The third-order valence-electron chi connectivity index (χ3n) is 5.90. The van der Waals surface area contributed by atoms with Crippen molar-refractivity contribution < 1.29 is 9.59 Å². The number of amides is 2. The molecule has 1 aliphatic heterocycles. The Hall–Kier alpha value is -3.58. The molecular weight excluding hydrogens is 414 g/mol. The van der Waals surface area contributed by atoms with E-state index < -0.39 is 0 Å². The van der Waals surface area contributed by atoms with Crippen molar-refractivity contribution in [1.82, 2.24) is 25.1 Å². The van der Waals surface area contributed by atoms with Gasteiger partial charge >= 0.3 is 0 Å². The van der Waals surface area contributed by atoms with Crippen LogP contribution in [0.1, 0.15) is 39.8 Å². The zero-order valence-corrected chi connectivity index (χ0v) is 18.9. The van der Waals surface area contributed by atoms with Gasteiger partial charge in [-0.2, -0.15) is 0 Å². The molecule has 1 aromatic heterocycles. The molecule has 4 rings (SSSR count). The van der Waals surface area contributed by atoms with Crippen LogP contribution < -0.4 is 5.32 Å². The standard InChI is InChI=1S/C26H29N5O2/c1-20-18-29-23(19-28-20)26(33)27-13-12-24(32)30-14-16-31(17-15-30)25(21-8-4-2-5-9-21)22-10-6-3-7-11-22/h2-11,18-19,25H,12-17H2,1H3,(H,27,33). The lowest BCUT2D eigenvalue weighted by molar-refractivity contribution is -0.133. The Balaban J connectivity index is 1.30. The molecular formula is C26H29N5O2. The number of nitrogens with zero attached hydrogens (tertiary/aromatic N) is 4. The summed E-state index contributed by atoms with van der Waals surface area (Å²) in [6.07, 6.45) is 3.27. The van der Waals surface area contributed by atoms with Gasteiger partial charge in [0.2, 0.25) is 5.91 Å². The van der Waals surface area contributed by atoms with E-state index in [1.54, 1.807) is 6.20 Å². The van der Waals surface area contributed by atoms with E-state index in [1.807, 2.05) is 24.0 Å². The number of hydrogen-bond acceptors (Lipinski definition) is 5. The summed E-state index contributed by atoms with van der Waals surface area (Å²) in [4.78, 5) is 37.3. The molecule has 0 bridgehead atoms. The highest BCUT2D eigenvalue weighted by molar-refractivity contribution is 5.92. The van der Waals surface area contributed by atoms with Crippen LogP contribution >= 0.6 is 0 Å². The van der Waals surface area contributed by atoms with Crippen molar-refractivity contribution in [3.63, 3.8) is 0 Å². The summed E-state index contributed by atoms with van der Waals surface area (Å²) in [5.41, 5.74) is 3.52. The van der Waals surface area contributed by atoms with Gasteiger partial charge in [0.15, 0.2) is 0 Å². The van der Waals surface area contributed by atoms with Crippen molar-refractivity contribution in [3.8, 4) is 0 Å². The molecule has 0 atom stereocenters. The molecule has 7 heteroatoms. The van der Waals surface area contributed by atoms with Gasteiger partial charge in [0, 0.05) is 45.3 Å². The number of aryl methyl sites for hydroxylation is 1. The van der Waals surface area contributed by atoms with E-state index in [0.29, 0.717) is 13.1 Å². The number of aromatic nitrogens is 2. The lowest BCUT2D eigenvalue weighted by Crippen LogP contribution is -2.50. The third-order valence-corrected chi connectivity index (χ3v) is 5.90. The van der Waals surface area contributed by atoms with Crippen LogP contribution in [0, 0.1) is 6.92 Å². The first-order chi connectivity index (χ1) is 16.1. The fourth-order valence-electron chi connectivity index (χ4n) is 4.16. The third kappa shape index (κ3) is 5.81. The monoisotopic (exact) mass is 443 g/mol. The van der Waals surface area contributed by atoms with Crippen LogP contribution in [-0.2, 0) is 4.79 Å². The van der Waals surface area contributed by atoms with E-state index >= 15 is 0 Å². The average molecular weight is 444 g/mol. The summed E-state index contributed by atoms with van der Waals surface area (Å²) in [7, 11) is 0. The molecule has 3 aromatic rings. The molecule has 2 amide bonds. The van der Waals surface area contributed by atoms with E-state index in [4.69, 9.17) is 0 Å². The zero-order valence-electron chi connectivity index (χ0n) is 18.9. The average Bonchev–Trinajstić information content (AvgIpc) is 2.86. The molecule has 0 radical (unpaired) electrons. The maximum absolute atomic E-state index is 12.7. The number of carbonyl (C=O) groups is 2. The molecule has 0 unspecified atom stereocenters. The maximum atomic E-state index is 12.7. The molecule has 7 nitrogen and oxygen atoms in total. The van der Waals surface area contributed by atoms with Crippen LogP contribution in [0.5, 0.6) is 0 Å². The minimum Gasteiger partial charge on any atom is -0.350 e. The minimum atomic E-state index is -0.311. The van der Waals surface area contributed by atoms with Gasteiger partial charge in [-0.15, -0.1) is 0 Å². The first kappa shape index (κ1) is 22.6.